The average molecular weight is 348 g/mol. The fourth-order valence-electron chi connectivity index (χ4n) is 3.61. The van der Waals surface area contributed by atoms with Gasteiger partial charge in [0.15, 0.2) is 5.82 Å². The molecule has 0 aliphatic carbocycles. The molecule has 1 unspecified atom stereocenters. The van der Waals surface area contributed by atoms with E-state index in [1.54, 1.807) is 6.20 Å². The number of benzene rings is 1. The van der Waals surface area contributed by atoms with E-state index in [9.17, 15) is 0 Å². The fraction of sp³-hybridized carbons (Fsp3) is 0.333. The first-order valence-electron chi connectivity index (χ1n) is 9.10. The van der Waals surface area contributed by atoms with Crippen molar-refractivity contribution in [2.24, 2.45) is 0 Å². The van der Waals surface area contributed by atoms with Gasteiger partial charge in [-0.05, 0) is 43.5 Å². The lowest BCUT2D eigenvalue weighted by molar-refractivity contribution is 0.0423. The molecule has 1 N–H and O–H groups in total. The van der Waals surface area contributed by atoms with Crippen LogP contribution in [0.4, 0.5) is 0 Å². The number of hydrogen-bond donors (Lipinski definition) is 1. The lowest BCUT2D eigenvalue weighted by atomic mass is 9.97. The lowest BCUT2D eigenvalue weighted by Gasteiger charge is -2.26. The van der Waals surface area contributed by atoms with E-state index >= 15 is 0 Å². The Morgan fingerprint density at radius 3 is 2.85 bits per heavy atom. The maximum atomic E-state index is 5.98. The van der Waals surface area contributed by atoms with Gasteiger partial charge in [-0.3, -0.25) is 0 Å². The Bertz CT molecular complexity index is 888. The minimum atomic E-state index is 0.117. The summed E-state index contributed by atoms with van der Waals surface area (Å²) in [6.45, 7) is 6.50. The van der Waals surface area contributed by atoms with Crippen molar-refractivity contribution in [3.05, 3.63) is 76.7 Å². The summed E-state index contributed by atoms with van der Waals surface area (Å²) in [6.07, 6.45) is 2.91. The minimum Gasteiger partial charge on any atom is -0.372 e. The van der Waals surface area contributed by atoms with Gasteiger partial charge in [-0.2, -0.15) is 5.10 Å². The summed E-state index contributed by atoms with van der Waals surface area (Å²) in [7, 11) is 0. The van der Waals surface area contributed by atoms with E-state index in [4.69, 9.17) is 4.74 Å². The highest BCUT2D eigenvalue weighted by Crippen LogP contribution is 2.26. The van der Waals surface area contributed by atoms with Crippen molar-refractivity contribution < 1.29 is 4.74 Å². The summed E-state index contributed by atoms with van der Waals surface area (Å²) < 4.78 is 7.90. The second-order valence-corrected chi connectivity index (χ2v) is 6.69. The predicted octanol–water partition coefficient (Wildman–Crippen LogP) is 3.29. The van der Waals surface area contributed by atoms with Crippen molar-refractivity contribution in [2.75, 3.05) is 13.2 Å². The lowest BCUT2D eigenvalue weighted by Crippen LogP contribution is -2.27. The Morgan fingerprint density at radius 2 is 2.00 bits per heavy atom. The molecular weight excluding hydrogens is 324 g/mol. The summed E-state index contributed by atoms with van der Waals surface area (Å²) in [6, 6.07) is 14.4. The maximum Gasteiger partial charge on any atom is 0.153 e. The van der Waals surface area contributed by atoms with Crippen LogP contribution in [0.3, 0.4) is 0 Å². The van der Waals surface area contributed by atoms with Crippen molar-refractivity contribution in [3.8, 4) is 5.82 Å². The molecule has 1 aromatic carbocycles. The first-order chi connectivity index (χ1) is 12.7. The van der Waals surface area contributed by atoms with E-state index in [1.165, 1.54) is 16.7 Å². The topological polar surface area (TPSA) is 52.0 Å². The van der Waals surface area contributed by atoms with Crippen LogP contribution in [0, 0.1) is 13.8 Å². The molecule has 1 atom stereocenters. The van der Waals surface area contributed by atoms with Gasteiger partial charge in [-0.1, -0.05) is 30.3 Å². The summed E-state index contributed by atoms with van der Waals surface area (Å²) >= 11 is 0. The van der Waals surface area contributed by atoms with Crippen LogP contribution < -0.4 is 5.32 Å². The van der Waals surface area contributed by atoms with Gasteiger partial charge in [0.2, 0.25) is 0 Å². The number of pyridine rings is 1. The molecule has 5 nitrogen and oxygen atoms in total. The van der Waals surface area contributed by atoms with E-state index in [1.807, 2.05) is 22.9 Å². The molecule has 5 heteroatoms. The number of nitrogens with zero attached hydrogens (tertiary/aromatic N) is 3. The van der Waals surface area contributed by atoms with Crippen molar-refractivity contribution in [1.82, 2.24) is 20.1 Å². The van der Waals surface area contributed by atoms with E-state index in [0.29, 0.717) is 0 Å². The van der Waals surface area contributed by atoms with Gasteiger partial charge in [0.1, 0.15) is 0 Å². The Balaban J connectivity index is 1.46. The number of nitrogens with one attached hydrogen (secondary N) is 1. The molecule has 3 heterocycles. The quantitative estimate of drug-likeness (QED) is 0.769. The summed E-state index contributed by atoms with van der Waals surface area (Å²) in [4.78, 5) is 4.40. The number of fused-ring (bicyclic) bond motifs is 1. The largest absolute Gasteiger partial charge is 0.372 e. The predicted molar refractivity (Wildman–Crippen MR) is 101 cm³/mol. The molecule has 0 spiro atoms. The van der Waals surface area contributed by atoms with Gasteiger partial charge >= 0.3 is 0 Å². The number of aromatic nitrogens is 3. The zero-order valence-corrected chi connectivity index (χ0v) is 15.3. The molecule has 4 rings (SSSR count). The molecule has 0 radical (unpaired) electrons. The van der Waals surface area contributed by atoms with Crippen LogP contribution in [0.5, 0.6) is 0 Å². The van der Waals surface area contributed by atoms with Crippen LogP contribution in [0.15, 0.2) is 48.7 Å². The van der Waals surface area contributed by atoms with Crippen LogP contribution in [0.2, 0.25) is 0 Å². The molecule has 26 heavy (non-hydrogen) atoms. The molecule has 1 aliphatic heterocycles. The van der Waals surface area contributed by atoms with Crippen molar-refractivity contribution >= 4 is 0 Å². The van der Waals surface area contributed by atoms with Crippen LogP contribution in [-0.4, -0.2) is 27.9 Å². The summed E-state index contributed by atoms with van der Waals surface area (Å²) in [5, 5.41) is 8.22. The van der Waals surface area contributed by atoms with Crippen molar-refractivity contribution in [1.29, 1.82) is 0 Å². The molecule has 0 fully saturated rings. The Labute approximate surface area is 154 Å². The average Bonchev–Trinajstić information content (AvgIpc) is 2.97. The van der Waals surface area contributed by atoms with Gasteiger partial charge in [0.25, 0.3) is 0 Å². The third kappa shape index (κ3) is 3.28. The number of rotatable bonds is 5. The van der Waals surface area contributed by atoms with E-state index < -0.39 is 0 Å². The van der Waals surface area contributed by atoms with Gasteiger partial charge in [-0.15, -0.1) is 0 Å². The normalized spacial score (nSPS) is 16.5. The molecule has 0 saturated heterocycles. The monoisotopic (exact) mass is 348 g/mol. The molecule has 3 aromatic rings. The summed E-state index contributed by atoms with van der Waals surface area (Å²) in [5.74, 6) is 0.851. The molecule has 1 aliphatic rings. The highest BCUT2D eigenvalue weighted by molar-refractivity contribution is 5.33. The summed E-state index contributed by atoms with van der Waals surface area (Å²) in [5.41, 5.74) is 6.09. The molecule has 0 saturated carbocycles. The molecule has 2 aromatic heterocycles. The van der Waals surface area contributed by atoms with Crippen LogP contribution in [-0.2, 0) is 17.7 Å². The smallest absolute Gasteiger partial charge is 0.153 e. The number of ether oxygens (including phenoxy) is 1. The minimum absolute atomic E-state index is 0.117. The van der Waals surface area contributed by atoms with Crippen LogP contribution in [0.1, 0.15) is 34.2 Å². The maximum absolute atomic E-state index is 5.98. The Hall–Kier alpha value is -2.50. The SMILES string of the molecule is Cc1nn(-c2ccccn2)c(C)c1CNCC1OCCc2ccccc21. The van der Waals surface area contributed by atoms with Gasteiger partial charge in [0, 0.05) is 30.5 Å². The first-order valence-corrected chi connectivity index (χ1v) is 9.10. The fourth-order valence-corrected chi connectivity index (χ4v) is 3.61. The first kappa shape index (κ1) is 16.9. The zero-order valence-electron chi connectivity index (χ0n) is 15.3. The third-order valence-corrected chi connectivity index (χ3v) is 5.03. The van der Waals surface area contributed by atoms with Gasteiger partial charge in [0.05, 0.1) is 18.4 Å². The van der Waals surface area contributed by atoms with E-state index in [-0.39, 0.29) is 6.10 Å². The van der Waals surface area contributed by atoms with E-state index in [0.717, 1.165) is 43.3 Å². The second-order valence-electron chi connectivity index (χ2n) is 6.69. The van der Waals surface area contributed by atoms with Crippen LogP contribution >= 0.6 is 0 Å². The Kier molecular flexibility index (Phi) is 4.82. The van der Waals surface area contributed by atoms with E-state index in [2.05, 4.69) is 53.5 Å². The number of aryl methyl sites for hydroxylation is 1. The highest BCUT2D eigenvalue weighted by atomic mass is 16.5. The standard InChI is InChI=1S/C21H24N4O/c1-15-19(16(2)25(24-15)21-9-5-6-11-23-21)13-22-14-20-18-8-4-3-7-17(18)10-12-26-20/h3-9,11,20,22H,10,12-14H2,1-2H3. The zero-order chi connectivity index (χ0) is 17.9. The number of hydrogen-bond acceptors (Lipinski definition) is 4. The second kappa shape index (κ2) is 7.40. The molecule has 0 bridgehead atoms. The molecular formula is C21H24N4O. The van der Waals surface area contributed by atoms with Crippen LogP contribution in [0.25, 0.3) is 5.82 Å². The van der Waals surface area contributed by atoms with Crippen molar-refractivity contribution in [3.63, 3.8) is 0 Å². The third-order valence-electron chi connectivity index (χ3n) is 5.03. The highest BCUT2D eigenvalue weighted by Gasteiger charge is 2.20. The van der Waals surface area contributed by atoms with Gasteiger partial charge in [-0.25, -0.2) is 9.67 Å². The Morgan fingerprint density at radius 1 is 1.15 bits per heavy atom. The van der Waals surface area contributed by atoms with Gasteiger partial charge < -0.3 is 10.1 Å². The van der Waals surface area contributed by atoms with Crippen molar-refractivity contribution in [2.45, 2.75) is 32.9 Å². The molecule has 134 valence electrons. The molecule has 0 amide bonds.